The van der Waals surface area contributed by atoms with E-state index in [-0.39, 0.29) is 18.4 Å². The topological polar surface area (TPSA) is 23.6 Å². The van der Waals surface area contributed by atoms with Crippen molar-refractivity contribution in [3.63, 3.8) is 0 Å². The molecule has 1 aromatic rings. The van der Waals surface area contributed by atoms with Crippen molar-refractivity contribution in [1.29, 1.82) is 0 Å². The van der Waals surface area contributed by atoms with Crippen molar-refractivity contribution < 1.29 is 22.4 Å². The van der Waals surface area contributed by atoms with Crippen LogP contribution in [0.1, 0.15) is 18.4 Å². The lowest BCUT2D eigenvalue weighted by molar-refractivity contribution is -0.159. The Morgan fingerprint density at radius 3 is 2.55 bits per heavy atom. The van der Waals surface area contributed by atoms with Crippen LogP contribution in [0.3, 0.4) is 0 Å². The number of carbonyl (C=O) groups excluding carboxylic acids is 1. The van der Waals surface area contributed by atoms with E-state index in [0.717, 1.165) is 19.9 Å². The van der Waals surface area contributed by atoms with Crippen LogP contribution < -0.4 is 0 Å². The van der Waals surface area contributed by atoms with Gasteiger partial charge < -0.3 is 4.90 Å². The van der Waals surface area contributed by atoms with Crippen LogP contribution in [0, 0.1) is 5.82 Å². The molecule has 0 aliphatic heterocycles. The van der Waals surface area contributed by atoms with Crippen LogP contribution in [0.15, 0.2) is 24.3 Å². The molecule has 0 aromatic heterocycles. The van der Waals surface area contributed by atoms with Gasteiger partial charge in [-0.15, -0.1) is 0 Å². The van der Waals surface area contributed by atoms with Crippen LogP contribution in [0.25, 0.3) is 0 Å². The number of benzene rings is 1. The number of amides is 1. The first-order valence-electron chi connectivity index (χ1n) is 7.04. The Labute approximate surface area is 126 Å². The maximum Gasteiger partial charge on any atom is 0.406 e. The van der Waals surface area contributed by atoms with Gasteiger partial charge in [0.1, 0.15) is 12.4 Å². The van der Waals surface area contributed by atoms with Gasteiger partial charge in [0, 0.05) is 19.6 Å². The standard InChI is InChI=1S/C15H18F4N2O/c1-20(10-15(17,18)19)14(22)9-21(13-5-6-13)8-11-3-2-4-12(16)7-11/h2-4,7,13H,5-6,8-10H2,1H3. The average Bonchev–Trinajstić information content (AvgIpc) is 3.20. The zero-order chi connectivity index (χ0) is 16.3. The molecule has 1 aromatic carbocycles. The number of halogens is 4. The number of alkyl halides is 3. The second-order valence-electron chi connectivity index (χ2n) is 5.63. The molecule has 1 fully saturated rings. The predicted molar refractivity (Wildman–Crippen MR) is 73.5 cm³/mol. The van der Waals surface area contributed by atoms with E-state index in [1.54, 1.807) is 12.1 Å². The van der Waals surface area contributed by atoms with Crippen molar-refractivity contribution in [3.05, 3.63) is 35.6 Å². The molecule has 2 rings (SSSR count). The summed E-state index contributed by atoms with van der Waals surface area (Å²) in [6.45, 7) is -0.994. The van der Waals surface area contributed by atoms with E-state index in [2.05, 4.69) is 0 Å². The summed E-state index contributed by atoms with van der Waals surface area (Å²) in [6, 6.07) is 6.20. The van der Waals surface area contributed by atoms with E-state index >= 15 is 0 Å². The quantitative estimate of drug-likeness (QED) is 0.753. The SMILES string of the molecule is CN(CC(F)(F)F)C(=O)CN(Cc1cccc(F)c1)C1CC1. The molecular formula is C15H18F4N2O. The van der Waals surface area contributed by atoms with Crippen LogP contribution in [-0.4, -0.2) is 48.1 Å². The third-order valence-electron chi connectivity index (χ3n) is 3.52. The normalized spacial score (nSPS) is 15.2. The first-order chi connectivity index (χ1) is 10.2. The number of hydrogen-bond acceptors (Lipinski definition) is 2. The van der Waals surface area contributed by atoms with Crippen molar-refractivity contribution in [1.82, 2.24) is 9.80 Å². The van der Waals surface area contributed by atoms with Crippen molar-refractivity contribution >= 4 is 5.91 Å². The smallest absolute Gasteiger partial charge is 0.336 e. The highest BCUT2D eigenvalue weighted by atomic mass is 19.4. The molecule has 0 heterocycles. The molecule has 3 nitrogen and oxygen atoms in total. The maximum absolute atomic E-state index is 13.2. The summed E-state index contributed by atoms with van der Waals surface area (Å²) >= 11 is 0. The van der Waals surface area contributed by atoms with Crippen LogP contribution >= 0.6 is 0 Å². The van der Waals surface area contributed by atoms with Gasteiger partial charge in [-0.2, -0.15) is 13.2 Å². The second kappa shape index (κ2) is 6.64. The van der Waals surface area contributed by atoms with Gasteiger partial charge in [0.2, 0.25) is 5.91 Å². The lowest BCUT2D eigenvalue weighted by Gasteiger charge is -2.25. The minimum atomic E-state index is -4.41. The molecule has 1 aliphatic rings. The number of rotatable bonds is 6. The Morgan fingerprint density at radius 2 is 2.00 bits per heavy atom. The second-order valence-corrected chi connectivity index (χ2v) is 5.63. The Balaban J connectivity index is 1.96. The molecule has 0 radical (unpaired) electrons. The molecule has 0 bridgehead atoms. The minimum Gasteiger partial charge on any atom is -0.336 e. The molecule has 7 heteroatoms. The summed E-state index contributed by atoms with van der Waals surface area (Å²) in [7, 11) is 1.14. The van der Waals surface area contributed by atoms with Gasteiger partial charge in [-0.1, -0.05) is 12.1 Å². The first kappa shape index (κ1) is 16.7. The molecule has 122 valence electrons. The fourth-order valence-corrected chi connectivity index (χ4v) is 2.28. The van der Waals surface area contributed by atoms with Crippen LogP contribution in [0.4, 0.5) is 17.6 Å². The van der Waals surface area contributed by atoms with E-state index in [9.17, 15) is 22.4 Å². The predicted octanol–water partition coefficient (Wildman–Crippen LogP) is 2.81. The Kier molecular flexibility index (Phi) is 5.05. The summed E-state index contributed by atoms with van der Waals surface area (Å²) in [5.74, 6) is -0.950. The average molecular weight is 318 g/mol. The number of hydrogen-bond donors (Lipinski definition) is 0. The molecule has 0 saturated heterocycles. The lowest BCUT2D eigenvalue weighted by Crippen LogP contribution is -2.42. The third-order valence-corrected chi connectivity index (χ3v) is 3.52. The molecule has 0 atom stereocenters. The Hall–Kier alpha value is -1.63. The lowest BCUT2D eigenvalue weighted by atomic mass is 10.2. The van der Waals surface area contributed by atoms with Crippen molar-refractivity contribution in [3.8, 4) is 0 Å². The molecule has 1 saturated carbocycles. The fourth-order valence-electron chi connectivity index (χ4n) is 2.28. The summed E-state index contributed by atoms with van der Waals surface area (Å²) in [6.07, 6.45) is -2.59. The largest absolute Gasteiger partial charge is 0.406 e. The van der Waals surface area contributed by atoms with E-state index in [0.29, 0.717) is 17.0 Å². The van der Waals surface area contributed by atoms with Gasteiger partial charge in [0.05, 0.1) is 6.54 Å². The molecule has 0 N–H and O–H groups in total. The van der Waals surface area contributed by atoms with Crippen molar-refractivity contribution in [2.75, 3.05) is 20.1 Å². The van der Waals surface area contributed by atoms with Gasteiger partial charge in [-0.25, -0.2) is 4.39 Å². The van der Waals surface area contributed by atoms with Gasteiger partial charge in [0.15, 0.2) is 0 Å². The zero-order valence-electron chi connectivity index (χ0n) is 12.2. The monoisotopic (exact) mass is 318 g/mol. The summed E-state index contributed by atoms with van der Waals surface area (Å²) in [4.78, 5) is 14.4. The van der Waals surface area contributed by atoms with Crippen molar-refractivity contribution in [2.45, 2.75) is 31.6 Å². The van der Waals surface area contributed by atoms with E-state index in [1.165, 1.54) is 12.1 Å². The zero-order valence-corrected chi connectivity index (χ0v) is 12.2. The summed E-state index contributed by atoms with van der Waals surface area (Å²) in [5, 5.41) is 0. The molecule has 1 aliphatic carbocycles. The number of nitrogens with zero attached hydrogens (tertiary/aromatic N) is 2. The van der Waals surface area contributed by atoms with Gasteiger partial charge in [-0.3, -0.25) is 9.69 Å². The Bertz CT molecular complexity index is 529. The molecule has 0 spiro atoms. The molecule has 1 amide bonds. The third kappa shape index (κ3) is 5.29. The number of carbonyl (C=O) groups is 1. The maximum atomic E-state index is 13.2. The van der Waals surface area contributed by atoms with E-state index in [4.69, 9.17) is 0 Å². The summed E-state index contributed by atoms with van der Waals surface area (Å²) < 4.78 is 50.1. The van der Waals surface area contributed by atoms with Gasteiger partial charge >= 0.3 is 6.18 Å². The van der Waals surface area contributed by atoms with Gasteiger partial charge in [-0.05, 0) is 30.5 Å². The van der Waals surface area contributed by atoms with Crippen LogP contribution in [0.2, 0.25) is 0 Å². The Morgan fingerprint density at radius 1 is 1.32 bits per heavy atom. The van der Waals surface area contributed by atoms with Crippen LogP contribution in [-0.2, 0) is 11.3 Å². The van der Waals surface area contributed by atoms with Gasteiger partial charge in [0.25, 0.3) is 0 Å². The first-order valence-corrected chi connectivity index (χ1v) is 7.04. The van der Waals surface area contributed by atoms with E-state index < -0.39 is 18.6 Å². The van der Waals surface area contributed by atoms with Crippen molar-refractivity contribution in [2.24, 2.45) is 0 Å². The summed E-state index contributed by atoms with van der Waals surface area (Å²) in [5.41, 5.74) is 0.707. The number of likely N-dealkylation sites (N-methyl/N-ethyl adjacent to an activating group) is 1. The molecule has 0 unspecified atom stereocenters. The van der Waals surface area contributed by atoms with Crippen LogP contribution in [0.5, 0.6) is 0 Å². The fraction of sp³-hybridized carbons (Fsp3) is 0.533. The highest BCUT2D eigenvalue weighted by Gasteiger charge is 2.34. The molecule has 22 heavy (non-hydrogen) atoms. The highest BCUT2D eigenvalue weighted by molar-refractivity contribution is 5.78. The molecular weight excluding hydrogens is 300 g/mol. The highest BCUT2D eigenvalue weighted by Crippen LogP contribution is 2.28. The minimum absolute atomic E-state index is 0.0895. The van der Waals surface area contributed by atoms with E-state index in [1.807, 2.05) is 4.90 Å².